The van der Waals surface area contributed by atoms with Crippen molar-refractivity contribution in [2.45, 2.75) is 25.9 Å². The minimum absolute atomic E-state index is 0.0255. The lowest BCUT2D eigenvalue weighted by Gasteiger charge is -2.27. The molecule has 1 aliphatic rings. The molecule has 1 saturated heterocycles. The molecule has 1 heterocycles. The van der Waals surface area contributed by atoms with E-state index in [0.717, 1.165) is 16.7 Å². The Kier molecular flexibility index (Phi) is 6.48. The zero-order valence-corrected chi connectivity index (χ0v) is 17.8. The summed E-state index contributed by atoms with van der Waals surface area (Å²) in [6.45, 7) is 2.23. The van der Waals surface area contributed by atoms with Gasteiger partial charge in [-0.1, -0.05) is 59.1 Å². The van der Waals surface area contributed by atoms with Gasteiger partial charge in [0, 0.05) is 28.7 Å². The summed E-state index contributed by atoms with van der Waals surface area (Å²) >= 11 is 12.2. The van der Waals surface area contributed by atoms with Gasteiger partial charge in [0.1, 0.15) is 0 Å². The minimum atomic E-state index is -3.13. The molecule has 0 radical (unpaired) electrons. The van der Waals surface area contributed by atoms with Crippen LogP contribution in [0.25, 0.3) is 6.08 Å². The number of aryl methyl sites for hydroxylation is 1. The molecule has 28 heavy (non-hydrogen) atoms. The molecular formula is C21H21Cl2NO3S. The van der Waals surface area contributed by atoms with E-state index in [4.69, 9.17) is 23.2 Å². The fraction of sp³-hybridized carbons (Fsp3) is 0.286. The van der Waals surface area contributed by atoms with E-state index in [-0.39, 0.29) is 30.0 Å². The number of hydrogen-bond acceptors (Lipinski definition) is 3. The van der Waals surface area contributed by atoms with E-state index in [0.29, 0.717) is 16.5 Å². The van der Waals surface area contributed by atoms with E-state index >= 15 is 0 Å². The number of carbonyl (C=O) groups excluding carboxylic acids is 1. The van der Waals surface area contributed by atoms with Gasteiger partial charge in [-0.05, 0) is 42.7 Å². The van der Waals surface area contributed by atoms with Crippen LogP contribution in [0.5, 0.6) is 0 Å². The largest absolute Gasteiger partial charge is 0.331 e. The molecular weight excluding hydrogens is 417 g/mol. The SMILES string of the molecule is Cc1ccc(/C=C/C(=O)N(Cc2ccc(Cl)cc2Cl)C2CCS(=O)(=O)C2)cc1. The quantitative estimate of drug-likeness (QED) is 0.645. The molecule has 3 rings (SSSR count). The van der Waals surface area contributed by atoms with Gasteiger partial charge in [-0.25, -0.2) is 8.42 Å². The Bertz CT molecular complexity index is 1000. The molecule has 148 valence electrons. The second-order valence-electron chi connectivity index (χ2n) is 7.00. The number of carbonyl (C=O) groups is 1. The van der Waals surface area contributed by atoms with Crippen LogP contribution < -0.4 is 0 Å². The van der Waals surface area contributed by atoms with Crippen LogP contribution in [-0.2, 0) is 21.2 Å². The Balaban J connectivity index is 1.84. The highest BCUT2D eigenvalue weighted by Crippen LogP contribution is 2.26. The van der Waals surface area contributed by atoms with Gasteiger partial charge in [-0.2, -0.15) is 0 Å². The van der Waals surface area contributed by atoms with E-state index in [9.17, 15) is 13.2 Å². The van der Waals surface area contributed by atoms with Crippen molar-refractivity contribution in [1.29, 1.82) is 0 Å². The molecule has 1 amide bonds. The van der Waals surface area contributed by atoms with E-state index in [2.05, 4.69) is 0 Å². The predicted molar refractivity (Wildman–Crippen MR) is 114 cm³/mol. The summed E-state index contributed by atoms with van der Waals surface area (Å²) in [4.78, 5) is 14.5. The molecule has 2 aromatic rings. The number of rotatable bonds is 5. The summed E-state index contributed by atoms with van der Waals surface area (Å²) in [5.74, 6) is -0.173. The number of hydrogen-bond donors (Lipinski definition) is 0. The molecule has 0 aliphatic carbocycles. The molecule has 1 fully saturated rings. The monoisotopic (exact) mass is 437 g/mol. The average Bonchev–Trinajstić information content (AvgIpc) is 3.00. The molecule has 2 aromatic carbocycles. The van der Waals surface area contributed by atoms with E-state index < -0.39 is 9.84 Å². The smallest absolute Gasteiger partial charge is 0.247 e. The Morgan fingerprint density at radius 1 is 1.18 bits per heavy atom. The number of amides is 1. The minimum Gasteiger partial charge on any atom is -0.331 e. The zero-order chi connectivity index (χ0) is 20.3. The first-order chi connectivity index (χ1) is 13.2. The first-order valence-corrected chi connectivity index (χ1v) is 11.5. The first kappa shape index (κ1) is 20.9. The van der Waals surface area contributed by atoms with Crippen LogP contribution in [0.15, 0.2) is 48.5 Å². The standard InChI is InChI=1S/C21H21Cl2NO3S/c1-15-2-4-16(5-3-15)6-9-21(25)24(19-10-11-28(26,27)14-19)13-17-7-8-18(22)12-20(17)23/h2-9,12,19H,10-11,13-14H2,1H3/b9-6+. The van der Waals surface area contributed by atoms with Crippen LogP contribution >= 0.6 is 23.2 Å². The maximum atomic E-state index is 12.9. The Hall–Kier alpha value is -1.82. The highest BCUT2D eigenvalue weighted by Gasteiger charge is 2.34. The fourth-order valence-electron chi connectivity index (χ4n) is 3.18. The second kappa shape index (κ2) is 8.68. The number of halogens is 2. The van der Waals surface area contributed by atoms with Crippen molar-refractivity contribution in [2.24, 2.45) is 0 Å². The van der Waals surface area contributed by atoms with Gasteiger partial charge in [-0.15, -0.1) is 0 Å². The third-order valence-electron chi connectivity index (χ3n) is 4.78. The average molecular weight is 438 g/mol. The van der Waals surface area contributed by atoms with Crippen LogP contribution in [-0.4, -0.2) is 36.8 Å². The predicted octanol–water partition coefficient (Wildman–Crippen LogP) is 4.53. The van der Waals surface area contributed by atoms with Crippen molar-refractivity contribution in [2.75, 3.05) is 11.5 Å². The highest BCUT2D eigenvalue weighted by atomic mass is 35.5. The van der Waals surface area contributed by atoms with Gasteiger partial charge in [0.25, 0.3) is 0 Å². The van der Waals surface area contributed by atoms with Crippen molar-refractivity contribution in [3.8, 4) is 0 Å². The molecule has 1 atom stereocenters. The van der Waals surface area contributed by atoms with Crippen molar-refractivity contribution < 1.29 is 13.2 Å². The van der Waals surface area contributed by atoms with Crippen LogP contribution in [0.4, 0.5) is 0 Å². The second-order valence-corrected chi connectivity index (χ2v) is 10.1. The maximum Gasteiger partial charge on any atom is 0.247 e. The Labute approximate surface area is 175 Å². The van der Waals surface area contributed by atoms with Crippen LogP contribution in [0.3, 0.4) is 0 Å². The molecule has 1 aliphatic heterocycles. The summed E-state index contributed by atoms with van der Waals surface area (Å²) in [5.41, 5.74) is 2.77. The third kappa shape index (κ3) is 5.37. The zero-order valence-electron chi connectivity index (χ0n) is 15.4. The van der Waals surface area contributed by atoms with E-state index in [1.807, 2.05) is 31.2 Å². The van der Waals surface area contributed by atoms with Gasteiger partial charge in [0.2, 0.25) is 5.91 Å². The van der Waals surface area contributed by atoms with E-state index in [1.54, 1.807) is 29.2 Å². The highest BCUT2D eigenvalue weighted by molar-refractivity contribution is 7.91. The number of benzene rings is 2. The molecule has 0 N–H and O–H groups in total. The molecule has 1 unspecified atom stereocenters. The summed E-state index contributed by atoms with van der Waals surface area (Å²) < 4.78 is 23.9. The lowest BCUT2D eigenvalue weighted by Crippen LogP contribution is -2.39. The Morgan fingerprint density at radius 2 is 1.89 bits per heavy atom. The molecule has 0 spiro atoms. The van der Waals surface area contributed by atoms with Crippen molar-refractivity contribution >= 4 is 45.0 Å². The van der Waals surface area contributed by atoms with Crippen molar-refractivity contribution in [1.82, 2.24) is 4.90 Å². The molecule has 0 saturated carbocycles. The number of sulfone groups is 1. The molecule has 7 heteroatoms. The summed E-state index contributed by atoms with van der Waals surface area (Å²) in [7, 11) is -3.13. The Morgan fingerprint density at radius 3 is 2.50 bits per heavy atom. The molecule has 0 aromatic heterocycles. The van der Waals surface area contributed by atoms with Crippen molar-refractivity contribution in [3.63, 3.8) is 0 Å². The number of nitrogens with zero attached hydrogens (tertiary/aromatic N) is 1. The van der Waals surface area contributed by atoms with Gasteiger partial charge in [0.15, 0.2) is 9.84 Å². The first-order valence-electron chi connectivity index (χ1n) is 8.93. The van der Waals surface area contributed by atoms with Gasteiger partial charge in [-0.3, -0.25) is 4.79 Å². The van der Waals surface area contributed by atoms with Gasteiger partial charge in [0.05, 0.1) is 11.5 Å². The van der Waals surface area contributed by atoms with Crippen LogP contribution in [0.2, 0.25) is 10.0 Å². The third-order valence-corrected chi connectivity index (χ3v) is 7.12. The summed E-state index contributed by atoms with van der Waals surface area (Å²) in [5, 5.41) is 0.961. The van der Waals surface area contributed by atoms with Gasteiger partial charge >= 0.3 is 0 Å². The maximum absolute atomic E-state index is 12.9. The molecule has 4 nitrogen and oxygen atoms in total. The summed E-state index contributed by atoms with van der Waals surface area (Å²) in [6, 6.07) is 12.5. The van der Waals surface area contributed by atoms with E-state index in [1.165, 1.54) is 6.08 Å². The lowest BCUT2D eigenvalue weighted by atomic mass is 10.1. The lowest BCUT2D eigenvalue weighted by molar-refractivity contribution is -0.128. The topological polar surface area (TPSA) is 54.5 Å². The van der Waals surface area contributed by atoms with Crippen molar-refractivity contribution in [3.05, 3.63) is 75.3 Å². The normalized spacial score (nSPS) is 18.5. The molecule has 0 bridgehead atoms. The van der Waals surface area contributed by atoms with Gasteiger partial charge < -0.3 is 4.90 Å². The van der Waals surface area contributed by atoms with Crippen LogP contribution in [0, 0.1) is 6.92 Å². The van der Waals surface area contributed by atoms with Crippen LogP contribution in [0.1, 0.15) is 23.1 Å². The fourth-order valence-corrected chi connectivity index (χ4v) is 5.38. The summed E-state index contributed by atoms with van der Waals surface area (Å²) in [6.07, 6.45) is 3.65.